The molecule has 2 saturated heterocycles. The Morgan fingerprint density at radius 1 is 1.19 bits per heavy atom. The molecule has 0 atom stereocenters. The molecule has 4 fully saturated rings. The number of carbonyl (C=O) groups excluding carboxylic acids is 2. The number of nitrogens with zero attached hydrogens (tertiary/aromatic N) is 1. The molecule has 5 aliphatic rings. The van der Waals surface area contributed by atoms with Gasteiger partial charge in [0.1, 0.15) is 17.6 Å². The topological polar surface area (TPSA) is 77.1 Å². The summed E-state index contributed by atoms with van der Waals surface area (Å²) < 4.78 is 17.4. The largest absolute Gasteiger partial charge is 0.492 e. The lowest BCUT2D eigenvalue weighted by atomic mass is 9.86. The third-order valence-corrected chi connectivity index (χ3v) is 6.81. The summed E-state index contributed by atoms with van der Waals surface area (Å²) in [7, 11) is 0. The summed E-state index contributed by atoms with van der Waals surface area (Å²) in [6.07, 6.45) is 3.67. The van der Waals surface area contributed by atoms with Gasteiger partial charge in [-0.05, 0) is 31.4 Å². The van der Waals surface area contributed by atoms with Gasteiger partial charge in [0.25, 0.3) is 5.91 Å². The van der Waals surface area contributed by atoms with Crippen molar-refractivity contribution in [2.75, 3.05) is 19.8 Å². The van der Waals surface area contributed by atoms with E-state index in [1.165, 1.54) is 10.5 Å². The molecule has 6 rings (SSSR count). The molecular weight excluding hydrogens is 348 g/mol. The van der Waals surface area contributed by atoms with Crippen molar-refractivity contribution < 1.29 is 23.8 Å². The first kappa shape index (κ1) is 15.7. The van der Waals surface area contributed by atoms with Crippen LogP contribution >= 0.6 is 0 Å². The predicted octanol–water partition coefficient (Wildman–Crippen LogP) is 1.65. The number of aryl methyl sites for hydroxylation is 1. The van der Waals surface area contributed by atoms with Crippen LogP contribution in [0.2, 0.25) is 0 Å². The van der Waals surface area contributed by atoms with Crippen molar-refractivity contribution in [1.82, 2.24) is 10.2 Å². The van der Waals surface area contributed by atoms with E-state index in [9.17, 15) is 9.59 Å². The normalized spacial score (nSPS) is 31.2. The van der Waals surface area contributed by atoms with E-state index in [4.69, 9.17) is 14.2 Å². The standard InChI is InChI=1S/C20H22N2O5/c1-11-2-3-14(15-16(11)26-8-19(15)4-5-19)27-13-6-12(7-13)22-17(23)20(9-25-10-20)21-18(22)24/h2-3,12-13H,4-10H2,1H3,(H,21,24)/t12-,13-. The van der Waals surface area contributed by atoms with Gasteiger partial charge in [0.2, 0.25) is 0 Å². The minimum Gasteiger partial charge on any atom is -0.492 e. The van der Waals surface area contributed by atoms with Crippen molar-refractivity contribution in [3.63, 3.8) is 0 Å². The van der Waals surface area contributed by atoms with E-state index in [0.29, 0.717) is 12.8 Å². The number of imide groups is 1. The number of amides is 3. The Balaban J connectivity index is 1.17. The molecule has 3 amide bonds. The number of rotatable bonds is 3. The summed E-state index contributed by atoms with van der Waals surface area (Å²) >= 11 is 0. The Kier molecular flexibility index (Phi) is 2.89. The Hall–Kier alpha value is -2.28. The number of hydrogen-bond donors (Lipinski definition) is 1. The fraction of sp³-hybridized carbons (Fsp3) is 0.600. The predicted molar refractivity (Wildman–Crippen MR) is 94.0 cm³/mol. The van der Waals surface area contributed by atoms with Crippen molar-refractivity contribution >= 4 is 11.9 Å². The maximum Gasteiger partial charge on any atom is 0.325 e. The van der Waals surface area contributed by atoms with E-state index in [-0.39, 0.29) is 42.7 Å². The molecule has 0 bridgehead atoms. The molecular formula is C20H22N2O5. The number of hydrogen-bond acceptors (Lipinski definition) is 5. The maximum atomic E-state index is 12.6. The third-order valence-electron chi connectivity index (χ3n) is 6.81. The molecule has 0 aromatic heterocycles. The van der Waals surface area contributed by atoms with Crippen LogP contribution in [0, 0.1) is 6.92 Å². The van der Waals surface area contributed by atoms with Gasteiger partial charge in [0, 0.05) is 29.9 Å². The van der Waals surface area contributed by atoms with Crippen LogP contribution in [0.3, 0.4) is 0 Å². The van der Waals surface area contributed by atoms with E-state index >= 15 is 0 Å². The molecule has 7 nitrogen and oxygen atoms in total. The maximum absolute atomic E-state index is 12.6. The van der Waals surface area contributed by atoms with E-state index < -0.39 is 5.54 Å². The summed E-state index contributed by atoms with van der Waals surface area (Å²) in [5.74, 6) is 1.75. The van der Waals surface area contributed by atoms with Gasteiger partial charge in [0.15, 0.2) is 5.54 Å². The Bertz CT molecular complexity index is 867. The number of benzene rings is 1. The zero-order valence-electron chi connectivity index (χ0n) is 15.2. The molecule has 3 aliphatic heterocycles. The molecule has 7 heteroatoms. The molecule has 1 aromatic rings. The van der Waals surface area contributed by atoms with Crippen LogP contribution < -0.4 is 14.8 Å². The highest BCUT2D eigenvalue weighted by molar-refractivity contribution is 6.08. The monoisotopic (exact) mass is 370 g/mol. The van der Waals surface area contributed by atoms with Crippen molar-refractivity contribution in [3.8, 4) is 11.5 Å². The van der Waals surface area contributed by atoms with Gasteiger partial charge in [0.05, 0.1) is 19.8 Å². The number of fused-ring (bicyclic) bond motifs is 2. The van der Waals surface area contributed by atoms with Gasteiger partial charge in [-0.25, -0.2) is 4.79 Å². The van der Waals surface area contributed by atoms with Crippen LogP contribution in [0.1, 0.15) is 36.8 Å². The molecule has 0 unspecified atom stereocenters. The van der Waals surface area contributed by atoms with Crippen molar-refractivity contribution in [2.45, 2.75) is 55.7 Å². The van der Waals surface area contributed by atoms with Gasteiger partial charge in [-0.15, -0.1) is 0 Å². The molecule has 1 N–H and O–H groups in total. The smallest absolute Gasteiger partial charge is 0.325 e. The van der Waals surface area contributed by atoms with Crippen LogP contribution in [0.15, 0.2) is 12.1 Å². The summed E-state index contributed by atoms with van der Waals surface area (Å²) in [5.41, 5.74) is 1.73. The second kappa shape index (κ2) is 4.95. The number of urea groups is 1. The Morgan fingerprint density at radius 3 is 2.59 bits per heavy atom. The number of ether oxygens (including phenoxy) is 3. The lowest BCUT2D eigenvalue weighted by Crippen LogP contribution is -2.63. The summed E-state index contributed by atoms with van der Waals surface area (Å²) in [4.78, 5) is 26.2. The molecule has 0 radical (unpaired) electrons. The Labute approximate surface area is 156 Å². The lowest BCUT2D eigenvalue weighted by molar-refractivity contribution is -0.151. The molecule has 3 heterocycles. The van der Waals surface area contributed by atoms with Crippen molar-refractivity contribution in [3.05, 3.63) is 23.3 Å². The van der Waals surface area contributed by atoms with Crippen molar-refractivity contribution in [1.29, 1.82) is 0 Å². The summed E-state index contributed by atoms with van der Waals surface area (Å²) in [6, 6.07) is 3.70. The number of carbonyl (C=O) groups is 2. The molecule has 27 heavy (non-hydrogen) atoms. The number of nitrogens with one attached hydrogen (secondary N) is 1. The Morgan fingerprint density at radius 2 is 1.96 bits per heavy atom. The first-order valence-electron chi connectivity index (χ1n) is 9.69. The molecule has 142 valence electrons. The van der Waals surface area contributed by atoms with E-state index in [1.54, 1.807) is 0 Å². The van der Waals surface area contributed by atoms with Crippen LogP contribution in [0.4, 0.5) is 4.79 Å². The highest BCUT2D eigenvalue weighted by Crippen LogP contribution is 2.59. The van der Waals surface area contributed by atoms with Gasteiger partial charge in [-0.3, -0.25) is 9.69 Å². The van der Waals surface area contributed by atoms with E-state index in [0.717, 1.165) is 36.5 Å². The third kappa shape index (κ3) is 2.00. The van der Waals surface area contributed by atoms with Gasteiger partial charge in [-0.1, -0.05) is 6.07 Å². The average molecular weight is 370 g/mol. The van der Waals surface area contributed by atoms with Crippen LogP contribution in [0.5, 0.6) is 11.5 Å². The molecule has 2 aliphatic carbocycles. The fourth-order valence-corrected chi connectivity index (χ4v) is 4.78. The van der Waals surface area contributed by atoms with Crippen molar-refractivity contribution in [2.24, 2.45) is 0 Å². The second-order valence-electron chi connectivity index (χ2n) is 8.70. The van der Waals surface area contributed by atoms with Crippen LogP contribution in [-0.4, -0.2) is 54.3 Å². The zero-order chi connectivity index (χ0) is 18.4. The van der Waals surface area contributed by atoms with E-state index in [2.05, 4.69) is 12.2 Å². The summed E-state index contributed by atoms with van der Waals surface area (Å²) in [5, 5.41) is 2.79. The van der Waals surface area contributed by atoms with Gasteiger partial charge >= 0.3 is 6.03 Å². The van der Waals surface area contributed by atoms with Gasteiger partial charge in [-0.2, -0.15) is 0 Å². The lowest BCUT2D eigenvalue weighted by Gasteiger charge is -2.41. The fourth-order valence-electron chi connectivity index (χ4n) is 4.78. The summed E-state index contributed by atoms with van der Waals surface area (Å²) in [6.45, 7) is 3.38. The average Bonchev–Trinajstić information content (AvgIpc) is 3.17. The quantitative estimate of drug-likeness (QED) is 0.819. The van der Waals surface area contributed by atoms with Gasteiger partial charge < -0.3 is 19.5 Å². The van der Waals surface area contributed by atoms with Crippen LogP contribution in [-0.2, 0) is 14.9 Å². The first-order chi connectivity index (χ1) is 13.0. The molecule has 2 saturated carbocycles. The molecule has 1 aromatic carbocycles. The van der Waals surface area contributed by atoms with Crippen LogP contribution in [0.25, 0.3) is 0 Å². The second-order valence-corrected chi connectivity index (χ2v) is 8.70. The highest BCUT2D eigenvalue weighted by Gasteiger charge is 2.59. The minimum atomic E-state index is -0.809. The SMILES string of the molecule is Cc1ccc(O[C@H]2C[C@H](N3C(=O)NC4(COC4)C3=O)C2)c2c1OCC21CC1. The highest BCUT2D eigenvalue weighted by atomic mass is 16.5. The van der Waals surface area contributed by atoms with E-state index in [1.807, 2.05) is 12.1 Å². The minimum absolute atomic E-state index is 0.0213. The molecule has 2 spiro atoms. The zero-order valence-corrected chi connectivity index (χ0v) is 15.2. The first-order valence-corrected chi connectivity index (χ1v) is 9.69.